The van der Waals surface area contributed by atoms with E-state index < -0.39 is 47.6 Å². The van der Waals surface area contributed by atoms with Crippen molar-refractivity contribution in [3.8, 4) is 84.7 Å². The van der Waals surface area contributed by atoms with E-state index in [4.69, 9.17) is 42.4 Å². The maximum atomic E-state index is 13.1. The Morgan fingerprint density at radius 2 is 0.878 bits per heavy atom. The second-order valence-electron chi connectivity index (χ2n) is 29.2. The summed E-state index contributed by atoms with van der Waals surface area (Å²) in [6.07, 6.45) is 13.6. The van der Waals surface area contributed by atoms with Crippen molar-refractivity contribution < 1.29 is 201 Å². The minimum Gasteiger partial charge on any atom is -0.512 e. The number of aliphatic hydroxyl groups is 3. The van der Waals surface area contributed by atoms with E-state index in [1.54, 1.807) is 97.6 Å². The van der Waals surface area contributed by atoms with Gasteiger partial charge in [-0.2, -0.15) is 18.4 Å². The third kappa shape index (κ3) is 46.7. The summed E-state index contributed by atoms with van der Waals surface area (Å²) < 4.78 is 88.6. The van der Waals surface area contributed by atoms with Crippen molar-refractivity contribution in [1.82, 2.24) is 64.8 Å². The summed E-state index contributed by atoms with van der Waals surface area (Å²) in [6, 6.07) is 90.8. The second-order valence-corrected chi connectivity index (χ2v) is 29.2. The van der Waals surface area contributed by atoms with E-state index in [-0.39, 0.29) is 195 Å². The van der Waals surface area contributed by atoms with Crippen LogP contribution in [0, 0.1) is 91.9 Å². The summed E-state index contributed by atoms with van der Waals surface area (Å²) in [7, 11) is 3.85. The van der Waals surface area contributed by atoms with Crippen LogP contribution in [-0.2, 0) is 141 Å². The number of carboxylic acid groups (broad SMARTS) is 2. The molecule has 4 aromatic carbocycles. The minimum absolute atomic E-state index is 0. The fourth-order valence-corrected chi connectivity index (χ4v) is 11.6. The zero-order valence-electron chi connectivity index (χ0n) is 79.6. The minimum atomic E-state index is -4.44. The van der Waals surface area contributed by atoms with E-state index in [0.717, 1.165) is 68.4 Å². The zero-order valence-corrected chi connectivity index (χ0v) is 94.0. The molecule has 17 rings (SSSR count). The molecule has 0 unspecified atom stereocenters. The van der Waals surface area contributed by atoms with Crippen molar-refractivity contribution in [2.45, 2.75) is 61.6 Å². The number of rotatable bonds is 13. The van der Waals surface area contributed by atoms with Crippen LogP contribution >= 0.6 is 0 Å². The number of aromatic nitrogens is 13. The number of aryl methyl sites for hydroxylation is 2. The maximum absolute atomic E-state index is 13.1. The molecule has 0 aliphatic heterocycles. The molecule has 0 saturated heterocycles. The molecular weight excluding hydrogens is 2980 g/mol. The van der Waals surface area contributed by atoms with Crippen LogP contribution in [0.15, 0.2) is 334 Å². The number of nitriles is 1. The topological polar surface area (TPSA) is 385 Å². The molecular formula is C109H87F7Ir6N16O10-6. The van der Waals surface area contributed by atoms with Crippen LogP contribution in [-0.4, -0.2) is 134 Å². The van der Waals surface area contributed by atoms with Gasteiger partial charge in [0.1, 0.15) is 35.2 Å². The van der Waals surface area contributed by atoms with Gasteiger partial charge in [-0.3, -0.25) is 29.3 Å². The molecule has 13 aromatic heterocycles. The number of para-hydroxylation sites is 1. The number of aliphatic hydroxyl groups excluding tert-OH is 3. The quantitative estimate of drug-likeness (QED) is 0.0235. The number of carbonyl (C=O) groups is 5. The number of anilines is 1. The molecule has 26 nitrogen and oxygen atoms in total. The molecule has 0 spiro atoms. The smallest absolute Gasteiger partial charge is 0.397 e. The molecule has 13 heterocycles. The van der Waals surface area contributed by atoms with Gasteiger partial charge in [0.05, 0.1) is 34.6 Å². The van der Waals surface area contributed by atoms with Crippen molar-refractivity contribution in [1.29, 1.82) is 5.26 Å². The van der Waals surface area contributed by atoms with Crippen LogP contribution in [0.2, 0.25) is 0 Å². The molecule has 0 fully saturated rings. The third-order valence-corrected chi connectivity index (χ3v) is 17.7. The van der Waals surface area contributed by atoms with Crippen LogP contribution < -0.4 is 4.90 Å². The number of pyridine rings is 13. The van der Waals surface area contributed by atoms with Gasteiger partial charge in [-0.1, -0.05) is 206 Å². The van der Waals surface area contributed by atoms with Crippen LogP contribution in [0.4, 0.5) is 42.2 Å². The van der Waals surface area contributed by atoms with E-state index in [9.17, 15) is 54.7 Å². The number of carbonyl (C=O) groups excluding carboxylic acids is 3. The Morgan fingerprint density at radius 3 is 1.32 bits per heavy atom. The SMILES string of the molecule is CC(=O)C=C(C)O.CC(=O)C=C(C)O.CC(=O)C=C(C)O.Cc1ccnc(-c2[c-]cc(C(F)(F)F)nc2C)c1.Fc1c[c-]c(-c2ccccn2)c(F)n1.Fc1c[c-]c(-c2ccccn2)c(F)n1.O=C(O)c1ccccn1.O=C(O)c1ccccn1.[C-]#[N+]c1nc(C#N)c[c-]c1-c1cc(N(C)C)ccn1.[Ir].[Ir].[Ir].[Ir].[Ir].[Ir].[c-]1ccc2ccccc2c1-c1ccc2ccccc2n1.[c-]1ccncc1-c1cc(-c2ccccc2)ccn1. The van der Waals surface area contributed by atoms with Crippen molar-refractivity contribution in [2.75, 3.05) is 19.0 Å². The summed E-state index contributed by atoms with van der Waals surface area (Å²) in [5.41, 5.74) is 11.9. The molecule has 0 aliphatic rings. The number of nitrogens with zero attached hydrogens (tertiary/aromatic N) is 16. The number of halogens is 7. The molecule has 6 radical (unpaired) electrons. The van der Waals surface area contributed by atoms with Gasteiger partial charge in [0, 0.05) is 202 Å². The van der Waals surface area contributed by atoms with Crippen LogP contribution in [0.5, 0.6) is 0 Å². The number of carboxylic acids is 2. The molecule has 772 valence electrons. The predicted octanol–water partition coefficient (Wildman–Crippen LogP) is 23.6. The number of allylic oxidation sites excluding steroid dienone is 6. The molecule has 39 heteroatoms. The molecule has 5 N–H and O–H groups in total. The van der Waals surface area contributed by atoms with Crippen molar-refractivity contribution in [2.24, 2.45) is 0 Å². The Morgan fingerprint density at radius 1 is 0.412 bits per heavy atom. The molecule has 0 atom stereocenters. The Labute approximate surface area is 930 Å². The summed E-state index contributed by atoms with van der Waals surface area (Å²) in [4.78, 5) is 106. The first-order chi connectivity index (χ1) is 67.9. The average molecular weight is 3070 g/mol. The first kappa shape index (κ1) is 131. The number of alkyl halides is 3. The van der Waals surface area contributed by atoms with E-state index in [1.165, 1.54) is 126 Å². The van der Waals surface area contributed by atoms with Gasteiger partial charge < -0.3 is 70.2 Å². The summed E-state index contributed by atoms with van der Waals surface area (Å²) in [5, 5.41) is 54.1. The molecule has 0 bridgehead atoms. The third-order valence-electron chi connectivity index (χ3n) is 17.7. The number of benzene rings is 4. The van der Waals surface area contributed by atoms with Gasteiger partial charge in [-0.15, -0.1) is 87.7 Å². The fourth-order valence-electron chi connectivity index (χ4n) is 11.6. The molecule has 0 saturated carbocycles. The second kappa shape index (κ2) is 69.2. The normalized spacial score (nSPS) is 9.98. The Balaban J connectivity index is 0.000000826. The van der Waals surface area contributed by atoms with Crippen molar-refractivity contribution >= 4 is 62.5 Å². The molecule has 148 heavy (non-hydrogen) atoms. The number of fused-ring (bicyclic) bond motifs is 2. The number of hydrogen-bond donors (Lipinski definition) is 5. The van der Waals surface area contributed by atoms with Crippen molar-refractivity contribution in [3.05, 3.63) is 440 Å². The molecule has 0 aliphatic carbocycles. The predicted molar refractivity (Wildman–Crippen MR) is 524 cm³/mol. The van der Waals surface area contributed by atoms with Crippen LogP contribution in [0.1, 0.15) is 85.2 Å². The van der Waals surface area contributed by atoms with E-state index in [0.29, 0.717) is 33.9 Å². The van der Waals surface area contributed by atoms with Gasteiger partial charge in [-0.25, -0.2) is 37.1 Å². The average Bonchev–Trinajstić information content (AvgIpc) is 0.803. The largest absolute Gasteiger partial charge is 0.512 e. The standard InChI is InChI=1S/C19H12N.C16H11N2.C14H10N5.C13H10F3N2.2C10H5F2N2.2C6H5NO2.3C5H8O2.6Ir/c1-3-9-16-14(6-1)8-5-10-17(16)19-13-12-15-7-2-4-11-18(15)20-19;1-2-5-13(6-3-1)14-8-10-18-16(11-14)15-7-4-9-17-12-15;1-16-14-12(5-4-10(9-15)18-14)13-8-11(19(2)3)6-7-17-13;1-8-5-6-17-11(7-8)10-3-4-12(13(14,15)16)18-9(10)2;2*11-9-5-4-7(10(12)14-9)8-3-1-2-6-13-8;2*8-6(9)5-3-1-2-4-7-5;3*1-4(6)3-5(2)7;;;;;;/h1-9,11-13H;1-6,8-12H;4,6-8H,2-3H3;4-7H,1-2H3;2*1-3,5-6H;2*1-4H,(H,8,9);3*3,6H,1-2H3;;;;;;/q6*-1;;;;;;;;;;;. The zero-order chi connectivity index (χ0) is 104. The summed E-state index contributed by atoms with van der Waals surface area (Å²) >= 11 is 0. The molecule has 17 aromatic rings. The molecule has 0 amide bonds. The van der Waals surface area contributed by atoms with Gasteiger partial charge in [0.15, 0.2) is 23.0 Å². The van der Waals surface area contributed by atoms with Gasteiger partial charge >= 0.3 is 23.9 Å². The first-order valence-electron chi connectivity index (χ1n) is 42.0. The van der Waals surface area contributed by atoms with Gasteiger partial charge in [-0.05, 0) is 171 Å². The Kier molecular flexibility index (Phi) is 61.3. The van der Waals surface area contributed by atoms with Gasteiger partial charge in [0.2, 0.25) is 0 Å². The summed E-state index contributed by atoms with van der Waals surface area (Å²) in [5.74, 6) is -5.60. The van der Waals surface area contributed by atoms with E-state index in [1.807, 2.05) is 105 Å². The maximum Gasteiger partial charge on any atom is 0.397 e. The number of aromatic carboxylic acids is 2. The fraction of sp³-hybridized carbons (Fsp3) is 0.101. The van der Waals surface area contributed by atoms with E-state index >= 15 is 0 Å². The Bertz CT molecular complexity index is 7000. The van der Waals surface area contributed by atoms with Crippen LogP contribution in [0.25, 0.3) is 105 Å². The number of ketones is 3. The monoisotopic (exact) mass is 3070 g/mol. The van der Waals surface area contributed by atoms with Gasteiger partial charge in [0.25, 0.3) is 0 Å². The van der Waals surface area contributed by atoms with Crippen molar-refractivity contribution in [3.63, 3.8) is 0 Å². The summed E-state index contributed by atoms with van der Waals surface area (Å²) in [6.45, 7) is 19.1. The van der Waals surface area contributed by atoms with Crippen LogP contribution in [0.3, 0.4) is 0 Å². The Hall–Kier alpha value is -14.9. The number of hydrogen-bond acceptors (Lipinski definition) is 23. The van der Waals surface area contributed by atoms with E-state index in [2.05, 4.69) is 168 Å². The first-order valence-corrected chi connectivity index (χ1v) is 42.0.